The molecule has 1 aliphatic rings. The lowest BCUT2D eigenvalue weighted by Gasteiger charge is -2.14. The number of aliphatic hydroxyl groups is 1. The van der Waals surface area contributed by atoms with Gasteiger partial charge >= 0.3 is 0 Å². The van der Waals surface area contributed by atoms with Crippen molar-refractivity contribution in [3.8, 4) is 0 Å². The fourth-order valence-corrected chi connectivity index (χ4v) is 4.19. The van der Waals surface area contributed by atoms with Crippen LogP contribution in [-0.2, 0) is 9.59 Å². The number of carbonyl (C=O) groups excluding carboxylic acids is 2. The van der Waals surface area contributed by atoms with Crippen LogP contribution in [0.5, 0.6) is 0 Å². The quantitative estimate of drug-likeness (QED) is 0.752. The first-order chi connectivity index (χ1) is 13.5. The molecule has 146 valence electrons. The number of amidine groups is 1. The van der Waals surface area contributed by atoms with E-state index in [1.807, 2.05) is 37.3 Å². The number of amides is 2. The molecule has 1 fully saturated rings. The Morgan fingerprint density at radius 1 is 1.29 bits per heavy atom. The van der Waals surface area contributed by atoms with Crippen molar-refractivity contribution in [3.63, 3.8) is 0 Å². The number of nitrogens with zero attached hydrogens (tertiary/aromatic N) is 2. The third kappa shape index (κ3) is 4.92. The van der Waals surface area contributed by atoms with E-state index in [-0.39, 0.29) is 31.4 Å². The second kappa shape index (κ2) is 9.23. The van der Waals surface area contributed by atoms with Gasteiger partial charge in [-0.15, -0.1) is 0 Å². The Balaban J connectivity index is 1.72. The Hall–Kier alpha value is -2.35. The lowest BCUT2D eigenvalue weighted by atomic mass is 10.2. The first-order valence-electron chi connectivity index (χ1n) is 8.76. The molecule has 0 aromatic heterocycles. The number of benzene rings is 2. The number of hydrogen-bond donors (Lipinski definition) is 2. The van der Waals surface area contributed by atoms with Gasteiger partial charge in [0, 0.05) is 17.1 Å². The van der Waals surface area contributed by atoms with Crippen molar-refractivity contribution in [1.29, 1.82) is 0 Å². The zero-order chi connectivity index (χ0) is 20.1. The molecule has 0 spiro atoms. The predicted molar refractivity (Wildman–Crippen MR) is 113 cm³/mol. The third-order valence-corrected chi connectivity index (χ3v) is 5.57. The van der Waals surface area contributed by atoms with E-state index in [9.17, 15) is 14.7 Å². The molecule has 6 nitrogen and oxygen atoms in total. The molecule has 1 saturated heterocycles. The number of carbonyl (C=O) groups is 2. The summed E-state index contributed by atoms with van der Waals surface area (Å²) in [5, 5.41) is 12.6. The monoisotopic (exact) mass is 417 g/mol. The topological polar surface area (TPSA) is 82.0 Å². The van der Waals surface area contributed by atoms with E-state index >= 15 is 0 Å². The highest BCUT2D eigenvalue weighted by Gasteiger charge is 2.38. The number of para-hydroxylation sites is 1. The first-order valence-corrected chi connectivity index (χ1v) is 10.0. The lowest BCUT2D eigenvalue weighted by Crippen LogP contribution is -2.35. The van der Waals surface area contributed by atoms with Crippen molar-refractivity contribution in [3.05, 3.63) is 59.1 Å². The Kier molecular flexibility index (Phi) is 6.72. The van der Waals surface area contributed by atoms with Crippen LogP contribution in [-0.4, -0.2) is 45.4 Å². The molecule has 8 heteroatoms. The van der Waals surface area contributed by atoms with Gasteiger partial charge in [-0.25, -0.2) is 4.99 Å². The number of β-amino-alcohol motifs (C(OH)–C–C–N with tert-alkyl or cyclic N) is 1. The maximum absolute atomic E-state index is 12.7. The normalized spacial score (nSPS) is 18.0. The fraction of sp³-hybridized carbons (Fsp3) is 0.250. The van der Waals surface area contributed by atoms with Gasteiger partial charge in [0.1, 0.15) is 5.25 Å². The maximum atomic E-state index is 12.7. The van der Waals surface area contributed by atoms with Crippen LogP contribution in [0.3, 0.4) is 0 Å². The van der Waals surface area contributed by atoms with Crippen molar-refractivity contribution in [1.82, 2.24) is 4.90 Å². The highest BCUT2D eigenvalue weighted by molar-refractivity contribution is 8.15. The molecule has 3 rings (SSSR count). The van der Waals surface area contributed by atoms with Crippen molar-refractivity contribution in [2.75, 3.05) is 18.5 Å². The van der Waals surface area contributed by atoms with Gasteiger partial charge in [0.15, 0.2) is 5.17 Å². The summed E-state index contributed by atoms with van der Waals surface area (Å²) in [7, 11) is 0. The summed E-state index contributed by atoms with van der Waals surface area (Å²) >= 11 is 7.18. The molecule has 0 radical (unpaired) electrons. The molecular weight excluding hydrogens is 398 g/mol. The van der Waals surface area contributed by atoms with Crippen LogP contribution in [0.15, 0.2) is 53.5 Å². The fourth-order valence-electron chi connectivity index (χ4n) is 2.78. The summed E-state index contributed by atoms with van der Waals surface area (Å²) in [5.74, 6) is -0.488. The van der Waals surface area contributed by atoms with Crippen LogP contribution in [0.25, 0.3) is 0 Å². The number of halogens is 1. The number of hydrogen-bond acceptors (Lipinski definition) is 5. The van der Waals surface area contributed by atoms with Crippen molar-refractivity contribution < 1.29 is 14.7 Å². The largest absolute Gasteiger partial charge is 0.395 e. The number of thioether (sulfide) groups is 1. The molecule has 1 heterocycles. The maximum Gasteiger partial charge on any atom is 0.242 e. The molecule has 28 heavy (non-hydrogen) atoms. The van der Waals surface area contributed by atoms with Crippen molar-refractivity contribution >= 4 is 51.7 Å². The second-order valence-electron chi connectivity index (χ2n) is 6.26. The van der Waals surface area contributed by atoms with Crippen molar-refractivity contribution in [2.45, 2.75) is 18.6 Å². The van der Waals surface area contributed by atoms with Gasteiger partial charge in [0.2, 0.25) is 11.8 Å². The summed E-state index contributed by atoms with van der Waals surface area (Å²) < 4.78 is 0. The van der Waals surface area contributed by atoms with Crippen LogP contribution in [0, 0.1) is 6.92 Å². The van der Waals surface area contributed by atoms with Gasteiger partial charge in [-0.05, 0) is 42.8 Å². The lowest BCUT2D eigenvalue weighted by molar-refractivity contribution is -0.128. The van der Waals surface area contributed by atoms with Crippen LogP contribution in [0.1, 0.15) is 12.0 Å². The predicted octanol–water partition coefficient (Wildman–Crippen LogP) is 3.60. The van der Waals surface area contributed by atoms with Crippen LogP contribution in [0.2, 0.25) is 5.02 Å². The molecule has 0 saturated carbocycles. The molecule has 2 amide bonds. The molecule has 1 aliphatic heterocycles. The molecule has 0 bridgehead atoms. The highest BCUT2D eigenvalue weighted by Crippen LogP contribution is 2.32. The molecule has 0 aliphatic carbocycles. The minimum absolute atomic E-state index is 0.0152. The standard InChI is InChI=1S/C20H20ClN3O3S/c1-13-11-14(21)7-8-16(13)23-18(26)12-17-19(27)24(9-10-25)20(28-17)22-15-5-3-2-4-6-15/h2-8,11,17,25H,9-10,12H2,1H3,(H,23,26)/t17-/m1/s1. The number of aryl methyl sites for hydroxylation is 1. The Morgan fingerprint density at radius 2 is 2.04 bits per heavy atom. The number of aliphatic imine (C=N–C) groups is 1. The Morgan fingerprint density at radius 3 is 2.71 bits per heavy atom. The van der Waals surface area contributed by atoms with E-state index in [4.69, 9.17) is 11.6 Å². The third-order valence-electron chi connectivity index (χ3n) is 4.16. The van der Waals surface area contributed by atoms with Crippen LogP contribution in [0.4, 0.5) is 11.4 Å². The average Bonchev–Trinajstić information content (AvgIpc) is 2.94. The number of nitrogens with one attached hydrogen (secondary N) is 1. The van der Waals surface area contributed by atoms with E-state index in [0.717, 1.165) is 5.56 Å². The zero-order valence-corrected chi connectivity index (χ0v) is 16.8. The molecule has 0 unspecified atom stereocenters. The summed E-state index contributed by atoms with van der Waals surface area (Å²) in [6.07, 6.45) is 0.0152. The van der Waals surface area contributed by atoms with Gasteiger partial charge in [-0.2, -0.15) is 0 Å². The summed E-state index contributed by atoms with van der Waals surface area (Å²) in [6, 6.07) is 14.5. The summed E-state index contributed by atoms with van der Waals surface area (Å²) in [5.41, 5.74) is 2.22. The van der Waals surface area contributed by atoms with Crippen LogP contribution >= 0.6 is 23.4 Å². The Labute approximate surface area is 172 Å². The van der Waals surface area contributed by atoms with Crippen molar-refractivity contribution in [2.24, 2.45) is 4.99 Å². The first kappa shape index (κ1) is 20.4. The van der Waals surface area contributed by atoms with Gasteiger partial charge < -0.3 is 10.4 Å². The van der Waals surface area contributed by atoms with Gasteiger partial charge in [-0.1, -0.05) is 41.6 Å². The van der Waals surface area contributed by atoms with Gasteiger partial charge in [-0.3, -0.25) is 14.5 Å². The van der Waals surface area contributed by atoms with E-state index in [2.05, 4.69) is 10.3 Å². The van der Waals surface area contributed by atoms with E-state index in [0.29, 0.717) is 21.6 Å². The van der Waals surface area contributed by atoms with E-state index in [1.54, 1.807) is 18.2 Å². The minimum Gasteiger partial charge on any atom is -0.395 e. The summed E-state index contributed by atoms with van der Waals surface area (Å²) in [4.78, 5) is 31.1. The molecule has 1 atom stereocenters. The second-order valence-corrected chi connectivity index (χ2v) is 7.87. The van der Waals surface area contributed by atoms with Gasteiger partial charge in [0.05, 0.1) is 18.8 Å². The SMILES string of the molecule is Cc1cc(Cl)ccc1NC(=O)C[C@H]1SC(=Nc2ccccc2)N(CCO)C1=O. The number of anilines is 1. The Bertz CT molecular complexity index is 905. The highest BCUT2D eigenvalue weighted by atomic mass is 35.5. The number of rotatable bonds is 6. The number of aliphatic hydroxyl groups excluding tert-OH is 1. The molecular formula is C20H20ClN3O3S. The molecule has 2 N–H and O–H groups in total. The van der Waals surface area contributed by atoms with Gasteiger partial charge in [0.25, 0.3) is 0 Å². The average molecular weight is 418 g/mol. The molecule has 2 aromatic carbocycles. The summed E-state index contributed by atoms with van der Waals surface area (Å²) in [6.45, 7) is 1.82. The smallest absolute Gasteiger partial charge is 0.242 e. The zero-order valence-electron chi connectivity index (χ0n) is 15.3. The van der Waals surface area contributed by atoms with E-state index < -0.39 is 5.25 Å². The minimum atomic E-state index is -0.582. The van der Waals surface area contributed by atoms with E-state index in [1.165, 1.54) is 16.7 Å². The molecule has 2 aromatic rings. The van der Waals surface area contributed by atoms with Crippen LogP contribution < -0.4 is 5.32 Å².